The lowest BCUT2D eigenvalue weighted by molar-refractivity contribution is 0.172. The second kappa shape index (κ2) is 10.7. The number of hydrogen-bond acceptors (Lipinski definition) is 5. The standard InChI is InChI=1S/C26H33N5O/c1-3-24(30(17-16-27-2)18-21-12-14-28-15-13-21)25-29-23-11-7-10-22(23)26(32)31(25)19-20-8-5-4-6-9-20/h4-6,8-9,12-15,24,27H,3,7,10-11,16-19H2,1-2H3. The van der Waals surface area contributed by atoms with Gasteiger partial charge in [0.25, 0.3) is 5.56 Å². The molecule has 0 spiro atoms. The van der Waals surface area contributed by atoms with Gasteiger partial charge in [0.2, 0.25) is 0 Å². The van der Waals surface area contributed by atoms with Crippen molar-refractivity contribution < 1.29 is 0 Å². The Hall–Kier alpha value is -2.83. The molecule has 0 fully saturated rings. The summed E-state index contributed by atoms with van der Waals surface area (Å²) in [6.45, 7) is 5.28. The molecule has 0 saturated carbocycles. The van der Waals surface area contributed by atoms with Crippen LogP contribution < -0.4 is 10.9 Å². The van der Waals surface area contributed by atoms with Crippen LogP contribution in [0.2, 0.25) is 0 Å². The molecule has 1 N–H and O–H groups in total. The molecule has 1 aliphatic rings. The predicted molar refractivity (Wildman–Crippen MR) is 128 cm³/mol. The van der Waals surface area contributed by atoms with Crippen molar-refractivity contribution in [2.24, 2.45) is 0 Å². The molecule has 3 aromatic rings. The van der Waals surface area contributed by atoms with Crippen LogP contribution in [-0.4, -0.2) is 39.6 Å². The van der Waals surface area contributed by atoms with Gasteiger partial charge in [-0.05, 0) is 56.0 Å². The predicted octanol–water partition coefficient (Wildman–Crippen LogP) is 3.35. The molecule has 4 rings (SSSR count). The van der Waals surface area contributed by atoms with Gasteiger partial charge in [0.05, 0.1) is 18.3 Å². The smallest absolute Gasteiger partial charge is 0.257 e. The molecule has 6 heteroatoms. The van der Waals surface area contributed by atoms with Crippen LogP contribution >= 0.6 is 0 Å². The third kappa shape index (κ3) is 4.97. The van der Waals surface area contributed by atoms with Crippen LogP contribution in [-0.2, 0) is 25.9 Å². The summed E-state index contributed by atoms with van der Waals surface area (Å²) in [6, 6.07) is 14.4. The summed E-state index contributed by atoms with van der Waals surface area (Å²) >= 11 is 0. The van der Waals surface area contributed by atoms with E-state index in [1.54, 1.807) is 0 Å². The maximum absolute atomic E-state index is 13.6. The molecule has 6 nitrogen and oxygen atoms in total. The van der Waals surface area contributed by atoms with Gasteiger partial charge in [-0.2, -0.15) is 0 Å². The van der Waals surface area contributed by atoms with Crippen LogP contribution in [0.4, 0.5) is 0 Å². The Labute approximate surface area is 190 Å². The maximum Gasteiger partial charge on any atom is 0.257 e. The van der Waals surface area contributed by atoms with Crippen LogP contribution in [0.3, 0.4) is 0 Å². The molecular weight excluding hydrogens is 398 g/mol. The minimum atomic E-state index is 0.0545. The average Bonchev–Trinajstić information content (AvgIpc) is 3.30. The Morgan fingerprint density at radius 2 is 1.88 bits per heavy atom. The number of pyridine rings is 1. The highest BCUT2D eigenvalue weighted by atomic mass is 16.1. The van der Waals surface area contributed by atoms with Crippen molar-refractivity contribution in [3.05, 3.63) is 93.4 Å². The summed E-state index contributed by atoms with van der Waals surface area (Å²) < 4.78 is 1.94. The molecule has 0 radical (unpaired) electrons. The second-order valence-electron chi connectivity index (χ2n) is 8.48. The first-order valence-electron chi connectivity index (χ1n) is 11.6. The molecule has 32 heavy (non-hydrogen) atoms. The number of fused-ring (bicyclic) bond motifs is 1. The van der Waals surface area contributed by atoms with E-state index < -0.39 is 0 Å². The van der Waals surface area contributed by atoms with Crippen molar-refractivity contribution in [3.8, 4) is 0 Å². The zero-order chi connectivity index (χ0) is 22.3. The van der Waals surface area contributed by atoms with Gasteiger partial charge in [-0.1, -0.05) is 37.3 Å². The quantitative estimate of drug-likeness (QED) is 0.533. The molecule has 1 atom stereocenters. The van der Waals surface area contributed by atoms with E-state index in [0.29, 0.717) is 6.54 Å². The Morgan fingerprint density at radius 3 is 2.59 bits per heavy atom. The first-order chi connectivity index (χ1) is 15.7. The van der Waals surface area contributed by atoms with Crippen molar-refractivity contribution in [2.75, 3.05) is 20.1 Å². The minimum absolute atomic E-state index is 0.0545. The van der Waals surface area contributed by atoms with Crippen LogP contribution in [0.5, 0.6) is 0 Å². The molecule has 0 amide bonds. The Bertz CT molecular complexity index is 1060. The van der Waals surface area contributed by atoms with E-state index >= 15 is 0 Å². The zero-order valence-electron chi connectivity index (χ0n) is 19.1. The molecule has 2 aromatic heterocycles. The molecule has 1 unspecified atom stereocenters. The number of aryl methyl sites for hydroxylation is 1. The number of rotatable bonds is 10. The summed E-state index contributed by atoms with van der Waals surface area (Å²) in [5.41, 5.74) is 4.40. The lowest BCUT2D eigenvalue weighted by Gasteiger charge is -2.32. The number of nitrogens with zero attached hydrogens (tertiary/aromatic N) is 4. The molecule has 2 heterocycles. The highest BCUT2D eigenvalue weighted by Gasteiger charge is 2.28. The van der Waals surface area contributed by atoms with Crippen LogP contribution in [0.25, 0.3) is 0 Å². The van der Waals surface area contributed by atoms with Crippen LogP contribution in [0.1, 0.15) is 54.0 Å². The number of nitrogens with one attached hydrogen (secondary N) is 1. The zero-order valence-corrected chi connectivity index (χ0v) is 19.1. The van der Waals surface area contributed by atoms with Crippen LogP contribution in [0.15, 0.2) is 59.7 Å². The lowest BCUT2D eigenvalue weighted by Crippen LogP contribution is -2.39. The monoisotopic (exact) mass is 431 g/mol. The average molecular weight is 432 g/mol. The lowest BCUT2D eigenvalue weighted by atomic mass is 10.1. The Kier molecular flexibility index (Phi) is 7.45. The normalized spacial score (nSPS) is 14.0. The Balaban J connectivity index is 1.76. The minimum Gasteiger partial charge on any atom is -0.318 e. The fourth-order valence-electron chi connectivity index (χ4n) is 4.65. The van der Waals surface area contributed by atoms with Crippen molar-refractivity contribution >= 4 is 0 Å². The van der Waals surface area contributed by atoms with Gasteiger partial charge < -0.3 is 5.32 Å². The fraction of sp³-hybridized carbons (Fsp3) is 0.423. The summed E-state index contributed by atoms with van der Waals surface area (Å²) in [5.74, 6) is 0.896. The second-order valence-corrected chi connectivity index (χ2v) is 8.48. The van der Waals surface area contributed by atoms with E-state index in [2.05, 4.69) is 46.4 Å². The summed E-state index contributed by atoms with van der Waals surface area (Å²) in [6.07, 6.45) is 7.32. The number of aromatic nitrogens is 3. The van der Waals surface area contributed by atoms with Gasteiger partial charge in [0, 0.05) is 37.6 Å². The van der Waals surface area contributed by atoms with E-state index in [0.717, 1.165) is 68.0 Å². The van der Waals surface area contributed by atoms with Crippen molar-refractivity contribution in [1.29, 1.82) is 0 Å². The van der Waals surface area contributed by atoms with E-state index in [9.17, 15) is 4.79 Å². The van der Waals surface area contributed by atoms with Gasteiger partial charge in [-0.3, -0.25) is 19.2 Å². The van der Waals surface area contributed by atoms with E-state index in [1.807, 2.05) is 42.2 Å². The van der Waals surface area contributed by atoms with Gasteiger partial charge in [0.1, 0.15) is 5.82 Å². The first kappa shape index (κ1) is 22.4. The van der Waals surface area contributed by atoms with E-state index in [4.69, 9.17) is 4.98 Å². The van der Waals surface area contributed by atoms with E-state index in [-0.39, 0.29) is 11.6 Å². The fourth-order valence-corrected chi connectivity index (χ4v) is 4.65. The number of likely N-dealkylation sites (N-methyl/N-ethyl adjacent to an activating group) is 1. The van der Waals surface area contributed by atoms with Gasteiger partial charge >= 0.3 is 0 Å². The highest BCUT2D eigenvalue weighted by Crippen LogP contribution is 2.27. The molecule has 0 aliphatic heterocycles. The molecule has 1 aliphatic carbocycles. The maximum atomic E-state index is 13.6. The molecule has 1 aromatic carbocycles. The summed E-state index contributed by atoms with van der Waals surface area (Å²) in [4.78, 5) is 25.3. The molecule has 0 bridgehead atoms. The highest BCUT2D eigenvalue weighted by molar-refractivity contribution is 5.26. The van der Waals surface area contributed by atoms with Crippen LogP contribution in [0, 0.1) is 0 Å². The number of hydrogen-bond donors (Lipinski definition) is 1. The van der Waals surface area contributed by atoms with Crippen molar-refractivity contribution in [2.45, 2.75) is 51.7 Å². The molecular formula is C26H33N5O. The van der Waals surface area contributed by atoms with Gasteiger partial charge in [0.15, 0.2) is 0 Å². The summed E-state index contributed by atoms with van der Waals surface area (Å²) in [7, 11) is 1.98. The molecule has 168 valence electrons. The summed E-state index contributed by atoms with van der Waals surface area (Å²) in [5, 5.41) is 3.28. The van der Waals surface area contributed by atoms with Crippen molar-refractivity contribution in [3.63, 3.8) is 0 Å². The largest absolute Gasteiger partial charge is 0.318 e. The SMILES string of the molecule is CCC(c1nc2c(c(=O)n1Cc1ccccc1)CCC2)N(CCNC)Cc1ccncc1. The topological polar surface area (TPSA) is 63.1 Å². The third-order valence-corrected chi connectivity index (χ3v) is 6.31. The van der Waals surface area contributed by atoms with Crippen molar-refractivity contribution in [1.82, 2.24) is 24.8 Å². The Morgan fingerprint density at radius 1 is 1.09 bits per heavy atom. The van der Waals surface area contributed by atoms with Gasteiger partial charge in [-0.15, -0.1) is 0 Å². The molecule has 0 saturated heterocycles. The van der Waals surface area contributed by atoms with E-state index in [1.165, 1.54) is 5.56 Å². The van der Waals surface area contributed by atoms with Gasteiger partial charge in [-0.25, -0.2) is 4.98 Å². The number of benzene rings is 1. The first-order valence-corrected chi connectivity index (χ1v) is 11.6. The third-order valence-electron chi connectivity index (χ3n) is 6.31.